The van der Waals surface area contributed by atoms with Crippen LogP contribution in [0.5, 0.6) is 0 Å². The van der Waals surface area contributed by atoms with E-state index in [2.05, 4.69) is 4.98 Å². The number of rotatable bonds is 4. The van der Waals surface area contributed by atoms with Crippen molar-refractivity contribution in [3.8, 4) is 0 Å². The molecule has 1 N–H and O–H groups in total. The van der Waals surface area contributed by atoms with E-state index in [9.17, 15) is 9.59 Å². The Kier molecular flexibility index (Phi) is 3.72. The van der Waals surface area contributed by atoms with E-state index in [1.165, 1.54) is 0 Å². The van der Waals surface area contributed by atoms with Crippen LogP contribution in [-0.2, 0) is 33.5 Å². The average molecular weight is 277 g/mol. The van der Waals surface area contributed by atoms with Gasteiger partial charge in [-0.15, -0.1) is 0 Å². The summed E-state index contributed by atoms with van der Waals surface area (Å²) in [5, 5.41) is 0. The molecule has 2 aliphatic carbocycles. The number of methoxy groups -OCH3 is 1. The number of aromatic nitrogens is 1. The Labute approximate surface area is 117 Å². The number of nitrogens with one attached hydrogen (secondary N) is 1. The van der Waals surface area contributed by atoms with E-state index in [-0.39, 0.29) is 11.6 Å². The second-order valence-electron chi connectivity index (χ2n) is 5.41. The zero-order valence-corrected chi connectivity index (χ0v) is 11.7. The molecule has 1 aromatic heterocycles. The van der Waals surface area contributed by atoms with Gasteiger partial charge in [0.2, 0.25) is 0 Å². The highest BCUT2D eigenvalue weighted by Crippen LogP contribution is 2.31. The monoisotopic (exact) mass is 277 g/mol. The standard InChI is InChI=1S/C15H19NO4/c1-19-5-6-20-14-8-11-9(7-13(14)18)15-10(16-11)3-2-4-12(15)17/h14,16H,2-8H2,1H3. The van der Waals surface area contributed by atoms with Crippen molar-refractivity contribution >= 4 is 11.6 Å². The molecular weight excluding hydrogens is 258 g/mol. The number of fused-ring (bicyclic) bond motifs is 3. The van der Waals surface area contributed by atoms with Crippen molar-refractivity contribution in [3.63, 3.8) is 0 Å². The molecule has 5 nitrogen and oxygen atoms in total. The van der Waals surface area contributed by atoms with Gasteiger partial charge in [-0.3, -0.25) is 9.59 Å². The van der Waals surface area contributed by atoms with Crippen LogP contribution in [0.15, 0.2) is 0 Å². The first-order chi connectivity index (χ1) is 9.70. The summed E-state index contributed by atoms with van der Waals surface area (Å²) < 4.78 is 10.5. The Bertz CT molecular complexity index is 546. The van der Waals surface area contributed by atoms with E-state index < -0.39 is 6.10 Å². The number of carbonyl (C=O) groups excluding carboxylic acids is 2. The van der Waals surface area contributed by atoms with E-state index in [1.54, 1.807) is 7.11 Å². The van der Waals surface area contributed by atoms with Crippen LogP contribution in [0.2, 0.25) is 0 Å². The van der Waals surface area contributed by atoms with Crippen molar-refractivity contribution in [2.75, 3.05) is 20.3 Å². The van der Waals surface area contributed by atoms with Gasteiger partial charge in [-0.2, -0.15) is 0 Å². The number of carbonyl (C=O) groups is 2. The number of aryl methyl sites for hydroxylation is 1. The fourth-order valence-corrected chi connectivity index (χ4v) is 3.11. The predicted octanol–water partition coefficient (Wildman–Crippen LogP) is 1.23. The Morgan fingerprint density at radius 3 is 2.85 bits per heavy atom. The average Bonchev–Trinajstić information content (AvgIpc) is 2.78. The third kappa shape index (κ3) is 2.31. The van der Waals surface area contributed by atoms with Crippen molar-refractivity contribution in [2.24, 2.45) is 0 Å². The molecule has 0 aliphatic heterocycles. The van der Waals surface area contributed by atoms with Gasteiger partial charge in [-0.05, 0) is 18.4 Å². The first-order valence-corrected chi connectivity index (χ1v) is 7.09. The minimum Gasteiger partial charge on any atom is -0.382 e. The predicted molar refractivity (Wildman–Crippen MR) is 72.1 cm³/mol. The molecule has 0 radical (unpaired) electrons. The molecule has 20 heavy (non-hydrogen) atoms. The second kappa shape index (κ2) is 5.50. The van der Waals surface area contributed by atoms with Gasteiger partial charge in [0.1, 0.15) is 6.10 Å². The van der Waals surface area contributed by atoms with Crippen molar-refractivity contribution in [1.29, 1.82) is 0 Å². The van der Waals surface area contributed by atoms with Crippen LogP contribution in [0.3, 0.4) is 0 Å². The maximum Gasteiger partial charge on any atom is 0.166 e. The first-order valence-electron chi connectivity index (χ1n) is 7.09. The molecule has 0 bridgehead atoms. The van der Waals surface area contributed by atoms with Crippen molar-refractivity contribution in [2.45, 2.75) is 38.2 Å². The van der Waals surface area contributed by atoms with Gasteiger partial charge in [-0.1, -0.05) is 0 Å². The van der Waals surface area contributed by atoms with Crippen LogP contribution < -0.4 is 0 Å². The van der Waals surface area contributed by atoms with Gasteiger partial charge >= 0.3 is 0 Å². The SMILES string of the molecule is COCCOC1Cc2[nH]c3c(c2CC1=O)C(=O)CCC3. The number of hydrogen-bond donors (Lipinski definition) is 1. The molecule has 108 valence electrons. The molecule has 2 aliphatic rings. The lowest BCUT2D eigenvalue weighted by Crippen LogP contribution is -2.34. The molecule has 3 rings (SSSR count). The lowest BCUT2D eigenvalue weighted by Gasteiger charge is -2.22. The number of Topliss-reactive ketones (excluding diaryl/α,β-unsaturated/α-hetero) is 2. The minimum absolute atomic E-state index is 0.0637. The van der Waals surface area contributed by atoms with Crippen molar-refractivity contribution in [3.05, 3.63) is 22.5 Å². The summed E-state index contributed by atoms with van der Waals surface area (Å²) in [6.07, 6.45) is 2.83. The van der Waals surface area contributed by atoms with Crippen LogP contribution >= 0.6 is 0 Å². The number of H-pyrrole nitrogens is 1. The zero-order chi connectivity index (χ0) is 14.1. The summed E-state index contributed by atoms with van der Waals surface area (Å²) in [5.74, 6) is 0.240. The van der Waals surface area contributed by atoms with Crippen LogP contribution in [0.1, 0.15) is 40.2 Å². The number of ether oxygens (including phenoxy) is 2. The van der Waals surface area contributed by atoms with Gasteiger partial charge in [-0.25, -0.2) is 0 Å². The summed E-state index contributed by atoms with van der Waals surface area (Å²) in [6, 6.07) is 0. The van der Waals surface area contributed by atoms with Crippen molar-refractivity contribution < 1.29 is 19.1 Å². The third-order valence-corrected chi connectivity index (χ3v) is 4.09. The fourth-order valence-electron chi connectivity index (χ4n) is 3.11. The first kappa shape index (κ1) is 13.5. The highest BCUT2D eigenvalue weighted by Gasteiger charge is 2.34. The van der Waals surface area contributed by atoms with Gasteiger partial charge < -0.3 is 14.5 Å². The molecule has 0 fully saturated rings. The molecular formula is C15H19NO4. The smallest absolute Gasteiger partial charge is 0.166 e. The van der Waals surface area contributed by atoms with E-state index in [0.29, 0.717) is 32.5 Å². The van der Waals surface area contributed by atoms with Gasteiger partial charge in [0.15, 0.2) is 11.6 Å². The summed E-state index contributed by atoms with van der Waals surface area (Å²) >= 11 is 0. The van der Waals surface area contributed by atoms with Gasteiger partial charge in [0.05, 0.1) is 13.2 Å². The molecule has 5 heteroatoms. The molecule has 1 heterocycles. The summed E-state index contributed by atoms with van der Waals surface area (Å²) in [5.41, 5.74) is 3.72. The number of hydrogen-bond acceptors (Lipinski definition) is 4. The molecule has 0 saturated carbocycles. The van der Waals surface area contributed by atoms with E-state index in [1.807, 2.05) is 0 Å². The fraction of sp³-hybridized carbons (Fsp3) is 0.600. The molecule has 1 unspecified atom stereocenters. The Morgan fingerprint density at radius 2 is 2.05 bits per heavy atom. The van der Waals surface area contributed by atoms with E-state index >= 15 is 0 Å². The maximum absolute atomic E-state index is 12.2. The summed E-state index contributed by atoms with van der Waals surface area (Å²) in [7, 11) is 1.61. The molecule has 0 amide bonds. The second-order valence-corrected chi connectivity index (χ2v) is 5.41. The Morgan fingerprint density at radius 1 is 1.20 bits per heavy atom. The number of aromatic amines is 1. The lowest BCUT2D eigenvalue weighted by molar-refractivity contribution is -0.131. The number of ketones is 2. The molecule has 0 spiro atoms. The van der Waals surface area contributed by atoms with E-state index in [0.717, 1.165) is 35.4 Å². The normalized spacial score (nSPS) is 21.8. The topological polar surface area (TPSA) is 68.4 Å². The highest BCUT2D eigenvalue weighted by atomic mass is 16.5. The van der Waals surface area contributed by atoms with Crippen LogP contribution in [-0.4, -0.2) is 43.0 Å². The lowest BCUT2D eigenvalue weighted by atomic mass is 9.87. The van der Waals surface area contributed by atoms with Crippen molar-refractivity contribution in [1.82, 2.24) is 4.98 Å². The Hall–Kier alpha value is -1.46. The largest absolute Gasteiger partial charge is 0.382 e. The highest BCUT2D eigenvalue weighted by molar-refractivity contribution is 6.02. The molecule has 0 aromatic carbocycles. The van der Waals surface area contributed by atoms with Crippen LogP contribution in [0.25, 0.3) is 0 Å². The van der Waals surface area contributed by atoms with E-state index in [4.69, 9.17) is 9.47 Å². The van der Waals surface area contributed by atoms with Gasteiger partial charge in [0.25, 0.3) is 0 Å². The van der Waals surface area contributed by atoms with Gasteiger partial charge in [0, 0.05) is 43.3 Å². The maximum atomic E-state index is 12.2. The molecule has 0 saturated heterocycles. The van der Waals surface area contributed by atoms with Crippen LogP contribution in [0, 0.1) is 0 Å². The zero-order valence-electron chi connectivity index (χ0n) is 11.7. The molecule has 1 aromatic rings. The minimum atomic E-state index is -0.409. The quantitative estimate of drug-likeness (QED) is 0.841. The summed E-state index contributed by atoms with van der Waals surface area (Å²) in [4.78, 5) is 27.5. The third-order valence-electron chi connectivity index (χ3n) is 4.09. The van der Waals surface area contributed by atoms with Crippen LogP contribution in [0.4, 0.5) is 0 Å². The summed E-state index contributed by atoms with van der Waals surface area (Å²) in [6.45, 7) is 0.901. The Balaban J connectivity index is 1.82. The molecule has 1 atom stereocenters.